The van der Waals surface area contributed by atoms with Crippen LogP contribution < -0.4 is 0 Å². The highest BCUT2D eigenvalue weighted by Crippen LogP contribution is 2.69. The number of rotatable bonds is 2. The second kappa shape index (κ2) is 7.24. The molecule has 0 saturated heterocycles. The zero-order valence-electron chi connectivity index (χ0n) is 18.7. The molecular formula is C26H36O4. The lowest BCUT2D eigenvalue weighted by atomic mass is 9.44. The Morgan fingerprint density at radius 2 is 1.80 bits per heavy atom. The van der Waals surface area contributed by atoms with E-state index in [2.05, 4.69) is 19.1 Å². The summed E-state index contributed by atoms with van der Waals surface area (Å²) in [5.74, 6) is 3.91. The molecular weight excluding hydrogens is 376 g/mol. The van der Waals surface area contributed by atoms with Crippen molar-refractivity contribution in [1.82, 2.24) is 0 Å². The van der Waals surface area contributed by atoms with Crippen LogP contribution in [0.25, 0.3) is 0 Å². The largest absolute Gasteiger partial charge is 0.463 e. The summed E-state index contributed by atoms with van der Waals surface area (Å²) in [6, 6.07) is 0. The SMILES string of the molecule is CC(=O)OC1=CC=C[C@]23CCC4C(CC[C@H]5C[C@H](OC(C)=O)CC[C@]45C)C2CC[C@H]13. The van der Waals surface area contributed by atoms with Crippen LogP contribution in [0.3, 0.4) is 0 Å². The molecule has 4 fully saturated rings. The van der Waals surface area contributed by atoms with Gasteiger partial charge >= 0.3 is 11.9 Å². The Bertz CT molecular complexity index is 797. The van der Waals surface area contributed by atoms with Crippen molar-refractivity contribution in [2.24, 2.45) is 40.4 Å². The molecule has 8 atom stereocenters. The normalized spacial score (nSPS) is 46.6. The minimum atomic E-state index is -0.193. The summed E-state index contributed by atoms with van der Waals surface area (Å²) in [6.45, 7) is 5.60. The summed E-state index contributed by atoms with van der Waals surface area (Å²) in [7, 11) is 0. The summed E-state index contributed by atoms with van der Waals surface area (Å²) < 4.78 is 11.3. The number of carbonyl (C=O) groups excluding carboxylic acids is 2. The Labute approximate surface area is 180 Å². The smallest absolute Gasteiger partial charge is 0.307 e. The van der Waals surface area contributed by atoms with Crippen molar-refractivity contribution in [3.63, 3.8) is 0 Å². The van der Waals surface area contributed by atoms with E-state index in [0.717, 1.165) is 36.9 Å². The average Bonchev–Trinajstić information content (AvgIpc) is 3.08. The molecule has 4 heteroatoms. The molecule has 4 saturated carbocycles. The summed E-state index contributed by atoms with van der Waals surface area (Å²) in [5, 5.41) is 0. The van der Waals surface area contributed by atoms with E-state index in [4.69, 9.17) is 9.47 Å². The van der Waals surface area contributed by atoms with Gasteiger partial charge in [0.1, 0.15) is 11.9 Å². The van der Waals surface area contributed by atoms with Crippen LogP contribution in [0.2, 0.25) is 0 Å². The van der Waals surface area contributed by atoms with Crippen LogP contribution in [0.5, 0.6) is 0 Å². The first-order valence-corrected chi connectivity index (χ1v) is 12.1. The van der Waals surface area contributed by atoms with Gasteiger partial charge in [0.15, 0.2) is 0 Å². The van der Waals surface area contributed by atoms with Crippen molar-refractivity contribution >= 4 is 11.9 Å². The van der Waals surface area contributed by atoms with Crippen LogP contribution in [0, 0.1) is 40.4 Å². The van der Waals surface area contributed by atoms with Gasteiger partial charge in [-0.15, -0.1) is 0 Å². The van der Waals surface area contributed by atoms with Crippen LogP contribution in [-0.2, 0) is 19.1 Å². The third-order valence-electron chi connectivity index (χ3n) is 9.81. The molecule has 1 spiro atoms. The van der Waals surface area contributed by atoms with E-state index in [-0.39, 0.29) is 23.5 Å². The standard InChI is InChI=1S/C26H36O4/c1-16(27)29-19-10-13-25(3)18(15-19)6-7-20-21(25)11-14-26-12-4-5-24(30-17(2)28)23(26)9-8-22(20)26/h4-5,12,18-23H,6-11,13-15H2,1-3H3/t18-,19+,20?,21?,22?,23+,25-,26-/m0/s1. The van der Waals surface area contributed by atoms with Gasteiger partial charge in [-0.25, -0.2) is 0 Å². The number of allylic oxidation sites excluding steroid dienone is 4. The lowest BCUT2D eigenvalue weighted by molar-refractivity contribution is -0.159. The van der Waals surface area contributed by atoms with E-state index < -0.39 is 0 Å². The van der Waals surface area contributed by atoms with Crippen molar-refractivity contribution in [2.45, 2.75) is 84.7 Å². The highest BCUT2D eigenvalue weighted by molar-refractivity contribution is 5.67. The molecule has 5 aliphatic rings. The average molecular weight is 413 g/mol. The number of ether oxygens (including phenoxy) is 2. The zero-order valence-corrected chi connectivity index (χ0v) is 18.7. The Hall–Kier alpha value is -1.58. The highest BCUT2D eigenvalue weighted by Gasteiger charge is 2.62. The maximum Gasteiger partial charge on any atom is 0.307 e. The minimum absolute atomic E-state index is 0.126. The quantitative estimate of drug-likeness (QED) is 0.556. The van der Waals surface area contributed by atoms with Gasteiger partial charge in [-0.1, -0.05) is 19.1 Å². The molecule has 30 heavy (non-hydrogen) atoms. The first-order valence-electron chi connectivity index (χ1n) is 12.1. The Morgan fingerprint density at radius 1 is 0.967 bits per heavy atom. The van der Waals surface area contributed by atoms with Crippen molar-refractivity contribution in [2.75, 3.05) is 0 Å². The molecule has 3 unspecified atom stereocenters. The molecule has 4 nitrogen and oxygen atoms in total. The Balaban J connectivity index is 1.37. The first-order chi connectivity index (χ1) is 14.3. The van der Waals surface area contributed by atoms with Gasteiger partial charge in [-0.2, -0.15) is 0 Å². The topological polar surface area (TPSA) is 52.6 Å². The second-order valence-electron chi connectivity index (χ2n) is 11.0. The lowest BCUT2D eigenvalue weighted by Gasteiger charge is -2.61. The van der Waals surface area contributed by atoms with E-state index in [1.54, 1.807) is 0 Å². The van der Waals surface area contributed by atoms with E-state index in [9.17, 15) is 9.59 Å². The second-order valence-corrected chi connectivity index (χ2v) is 11.0. The molecule has 164 valence electrons. The van der Waals surface area contributed by atoms with Crippen molar-refractivity contribution in [3.8, 4) is 0 Å². The maximum absolute atomic E-state index is 11.7. The van der Waals surface area contributed by atoms with E-state index in [1.807, 2.05) is 6.08 Å². The molecule has 5 rings (SSSR count). The third-order valence-corrected chi connectivity index (χ3v) is 9.81. The fourth-order valence-electron chi connectivity index (χ4n) is 8.73. The van der Waals surface area contributed by atoms with Gasteiger partial charge in [0.05, 0.1) is 0 Å². The molecule has 5 aliphatic carbocycles. The number of hydrogen-bond acceptors (Lipinski definition) is 4. The summed E-state index contributed by atoms with van der Waals surface area (Å²) in [5.41, 5.74) is 0.574. The molecule has 0 aromatic rings. The molecule has 0 amide bonds. The van der Waals surface area contributed by atoms with Gasteiger partial charge in [0.25, 0.3) is 0 Å². The molecule has 0 aromatic carbocycles. The highest BCUT2D eigenvalue weighted by atomic mass is 16.5. The lowest BCUT2D eigenvalue weighted by Crippen LogP contribution is -2.54. The van der Waals surface area contributed by atoms with Gasteiger partial charge in [0.2, 0.25) is 0 Å². The van der Waals surface area contributed by atoms with Crippen molar-refractivity contribution < 1.29 is 19.1 Å². The molecule has 0 aliphatic heterocycles. The number of fused-ring (bicyclic) bond motifs is 4. The fraction of sp³-hybridized carbons (Fsp3) is 0.769. The van der Waals surface area contributed by atoms with E-state index in [1.165, 1.54) is 52.4 Å². The summed E-state index contributed by atoms with van der Waals surface area (Å²) in [4.78, 5) is 23.1. The van der Waals surface area contributed by atoms with Crippen LogP contribution in [0.15, 0.2) is 24.0 Å². The molecule has 0 N–H and O–H groups in total. The molecule has 0 bridgehead atoms. The van der Waals surface area contributed by atoms with Gasteiger partial charge < -0.3 is 9.47 Å². The van der Waals surface area contributed by atoms with Gasteiger partial charge in [-0.05, 0) is 93.0 Å². The zero-order chi connectivity index (χ0) is 21.1. The number of hydrogen-bond donors (Lipinski definition) is 0. The van der Waals surface area contributed by atoms with Crippen LogP contribution in [0.1, 0.15) is 78.6 Å². The Kier molecular flexibility index (Phi) is 4.91. The van der Waals surface area contributed by atoms with Crippen molar-refractivity contribution in [1.29, 1.82) is 0 Å². The third kappa shape index (κ3) is 3.00. The van der Waals surface area contributed by atoms with Crippen LogP contribution in [0.4, 0.5) is 0 Å². The Morgan fingerprint density at radius 3 is 2.57 bits per heavy atom. The first kappa shape index (κ1) is 20.3. The van der Waals surface area contributed by atoms with Gasteiger partial charge in [-0.3, -0.25) is 9.59 Å². The predicted molar refractivity (Wildman–Crippen MR) is 114 cm³/mol. The number of esters is 2. The van der Waals surface area contributed by atoms with Gasteiger partial charge in [0, 0.05) is 25.2 Å². The minimum Gasteiger partial charge on any atom is -0.463 e. The van der Waals surface area contributed by atoms with Crippen LogP contribution in [-0.4, -0.2) is 18.0 Å². The molecule has 0 heterocycles. The summed E-state index contributed by atoms with van der Waals surface area (Å²) >= 11 is 0. The number of carbonyl (C=O) groups is 2. The van der Waals surface area contributed by atoms with E-state index in [0.29, 0.717) is 23.2 Å². The van der Waals surface area contributed by atoms with Crippen LogP contribution >= 0.6 is 0 Å². The monoisotopic (exact) mass is 412 g/mol. The fourth-order valence-corrected chi connectivity index (χ4v) is 8.73. The predicted octanol–water partition coefficient (Wildman–Crippen LogP) is 5.57. The van der Waals surface area contributed by atoms with Crippen molar-refractivity contribution in [3.05, 3.63) is 24.0 Å². The molecule has 0 radical (unpaired) electrons. The molecule has 0 aromatic heterocycles. The van der Waals surface area contributed by atoms with E-state index >= 15 is 0 Å². The maximum atomic E-state index is 11.7. The summed E-state index contributed by atoms with van der Waals surface area (Å²) in [6.07, 6.45) is 17.5.